The van der Waals surface area contributed by atoms with E-state index in [0.29, 0.717) is 12.2 Å². The Morgan fingerprint density at radius 3 is 2.47 bits per heavy atom. The van der Waals surface area contributed by atoms with E-state index in [1.54, 1.807) is 39.1 Å². The van der Waals surface area contributed by atoms with Gasteiger partial charge in [0.2, 0.25) is 22.7 Å². The van der Waals surface area contributed by atoms with Gasteiger partial charge in [0.25, 0.3) is 0 Å². The zero-order valence-corrected chi connectivity index (χ0v) is 21.6. The first-order valence-corrected chi connectivity index (χ1v) is 13.3. The van der Waals surface area contributed by atoms with E-state index in [-0.39, 0.29) is 31.3 Å². The van der Waals surface area contributed by atoms with Gasteiger partial charge < -0.3 is 15.1 Å². The average Bonchev–Trinajstić information content (AvgIpc) is 3.21. The van der Waals surface area contributed by atoms with E-state index >= 15 is 0 Å². The van der Waals surface area contributed by atoms with Gasteiger partial charge in [-0.25, -0.2) is 13.2 Å². The van der Waals surface area contributed by atoms with Crippen molar-refractivity contribution in [3.63, 3.8) is 0 Å². The van der Waals surface area contributed by atoms with Crippen molar-refractivity contribution in [3.05, 3.63) is 77.9 Å². The van der Waals surface area contributed by atoms with Crippen LogP contribution in [0.3, 0.4) is 0 Å². The van der Waals surface area contributed by atoms with Crippen molar-refractivity contribution < 1.29 is 22.8 Å². The van der Waals surface area contributed by atoms with Crippen LogP contribution in [0.4, 0.5) is 10.5 Å². The first-order chi connectivity index (χ1) is 18.3. The third kappa shape index (κ3) is 5.13. The van der Waals surface area contributed by atoms with Gasteiger partial charge in [0.15, 0.2) is 0 Å². The predicted octanol–water partition coefficient (Wildman–Crippen LogP) is 1.05. The Balaban J connectivity index is 1.46. The molecule has 2 heterocycles. The lowest BCUT2D eigenvalue weighted by Crippen LogP contribution is -2.65. The molecular formula is C26H28N6O5S. The topological polar surface area (TPSA) is 131 Å². The van der Waals surface area contributed by atoms with Crippen LogP contribution in [0.25, 0.3) is 10.8 Å². The van der Waals surface area contributed by atoms with E-state index in [0.717, 1.165) is 21.9 Å². The van der Waals surface area contributed by atoms with Gasteiger partial charge in [-0.1, -0.05) is 54.6 Å². The number of nitrogens with zero attached hydrogens (tertiary/aromatic N) is 3. The number of rotatable bonds is 7. The number of thiol groups is 1. The average molecular weight is 537 g/mol. The molecule has 2 aliphatic heterocycles. The Labute approximate surface area is 221 Å². The molecular weight excluding hydrogens is 508 g/mol. The largest absolute Gasteiger partial charge is 0.340 e. The number of hydrazine groups is 1. The summed E-state index contributed by atoms with van der Waals surface area (Å²) in [5.74, 6) is -0.439. The molecule has 0 spiro atoms. The van der Waals surface area contributed by atoms with Gasteiger partial charge in [0.1, 0.15) is 12.2 Å². The van der Waals surface area contributed by atoms with Gasteiger partial charge in [0.05, 0.1) is 13.1 Å². The molecule has 2 aliphatic rings. The SMILES string of the molecule is CNC(=O)NN1CC(=O)N2[C@@H]1CN(Cc1cccc3ccccc13)C(=O)[C@@H]2Cc1ccc(N[SH](=O)=O)cc1. The summed E-state index contributed by atoms with van der Waals surface area (Å²) in [6.45, 7) is 0.527. The number of anilines is 1. The minimum atomic E-state index is -2.79. The lowest BCUT2D eigenvalue weighted by molar-refractivity contribution is -0.154. The molecule has 12 heteroatoms. The van der Waals surface area contributed by atoms with E-state index in [9.17, 15) is 22.8 Å². The number of benzene rings is 3. The molecule has 0 aliphatic carbocycles. The second-order valence-corrected chi connectivity index (χ2v) is 9.98. The summed E-state index contributed by atoms with van der Waals surface area (Å²) in [5, 5.41) is 6.18. The van der Waals surface area contributed by atoms with Gasteiger partial charge in [-0.05, 0) is 34.0 Å². The van der Waals surface area contributed by atoms with Gasteiger partial charge in [-0.15, -0.1) is 0 Å². The van der Waals surface area contributed by atoms with E-state index in [2.05, 4.69) is 15.5 Å². The molecule has 0 saturated carbocycles. The van der Waals surface area contributed by atoms with Gasteiger partial charge >= 0.3 is 6.03 Å². The van der Waals surface area contributed by atoms with Crippen molar-refractivity contribution in [2.75, 3.05) is 24.9 Å². The smallest absolute Gasteiger partial charge is 0.329 e. The molecule has 0 radical (unpaired) electrons. The fraction of sp³-hybridized carbons (Fsp3) is 0.269. The molecule has 2 saturated heterocycles. The van der Waals surface area contributed by atoms with Crippen molar-refractivity contribution >= 4 is 45.2 Å². The maximum atomic E-state index is 13.9. The first kappa shape index (κ1) is 25.5. The summed E-state index contributed by atoms with van der Waals surface area (Å²) in [6.07, 6.45) is -0.298. The highest BCUT2D eigenvalue weighted by Crippen LogP contribution is 2.29. The van der Waals surface area contributed by atoms with Crippen LogP contribution < -0.4 is 15.5 Å². The highest BCUT2D eigenvalue weighted by atomic mass is 32.2. The fourth-order valence-corrected chi connectivity index (χ4v) is 5.50. The van der Waals surface area contributed by atoms with Gasteiger partial charge in [-0.2, -0.15) is 5.01 Å². The monoisotopic (exact) mass is 536 g/mol. The van der Waals surface area contributed by atoms with Crippen LogP contribution in [0.1, 0.15) is 11.1 Å². The van der Waals surface area contributed by atoms with Crippen LogP contribution in [0, 0.1) is 0 Å². The molecule has 2 atom stereocenters. The zero-order chi connectivity index (χ0) is 26.8. The molecule has 0 aromatic heterocycles. The van der Waals surface area contributed by atoms with Crippen molar-refractivity contribution in [1.29, 1.82) is 0 Å². The van der Waals surface area contributed by atoms with Crippen molar-refractivity contribution in [2.45, 2.75) is 25.2 Å². The maximum absolute atomic E-state index is 13.9. The van der Waals surface area contributed by atoms with Crippen LogP contribution in [0.2, 0.25) is 0 Å². The minimum absolute atomic E-state index is 0.0522. The lowest BCUT2D eigenvalue weighted by Gasteiger charge is -2.44. The molecule has 2 fully saturated rings. The Morgan fingerprint density at radius 1 is 1.00 bits per heavy atom. The maximum Gasteiger partial charge on any atom is 0.329 e. The van der Waals surface area contributed by atoms with E-state index < -0.39 is 29.1 Å². The van der Waals surface area contributed by atoms with Crippen molar-refractivity contribution in [1.82, 2.24) is 25.6 Å². The summed E-state index contributed by atoms with van der Waals surface area (Å²) in [7, 11) is -1.30. The number of fused-ring (bicyclic) bond motifs is 2. The summed E-state index contributed by atoms with van der Waals surface area (Å²) >= 11 is 0. The Kier molecular flexibility index (Phi) is 7.16. The molecule has 5 rings (SSSR count). The summed E-state index contributed by atoms with van der Waals surface area (Å²) in [4.78, 5) is 42.4. The standard InChI is InChI=1S/C26H28N6O5S/c1-27-26(35)28-31-16-24(33)32-22(13-17-9-11-20(12-10-17)29-38(36)37)25(34)30(15-23(31)32)14-19-7-4-6-18-5-2-3-8-21(18)19/h2-12,22-23,38H,13-16H2,1H3,(H2,27,28,35)(H,29,36,37)/t22-,23+/m0/s1. The van der Waals surface area contributed by atoms with E-state index in [1.807, 2.05) is 42.5 Å². The van der Waals surface area contributed by atoms with Crippen LogP contribution in [0.5, 0.6) is 0 Å². The fourth-order valence-electron chi connectivity index (χ4n) is 5.14. The first-order valence-electron chi connectivity index (χ1n) is 12.2. The van der Waals surface area contributed by atoms with Gasteiger partial charge in [0, 0.05) is 25.7 Å². The number of carbonyl (C=O) groups is 3. The number of nitrogens with one attached hydrogen (secondary N) is 3. The molecule has 11 nitrogen and oxygen atoms in total. The molecule has 4 amide bonds. The van der Waals surface area contributed by atoms with Crippen LogP contribution in [-0.4, -0.2) is 73.4 Å². The summed E-state index contributed by atoms with van der Waals surface area (Å²) < 4.78 is 24.3. The van der Waals surface area contributed by atoms with Crippen molar-refractivity contribution in [2.24, 2.45) is 0 Å². The lowest BCUT2D eigenvalue weighted by atomic mass is 9.99. The number of urea groups is 1. The van der Waals surface area contributed by atoms with Gasteiger partial charge in [-0.3, -0.25) is 19.7 Å². The number of piperazine rings is 1. The zero-order valence-electron chi connectivity index (χ0n) is 20.7. The van der Waals surface area contributed by atoms with Crippen LogP contribution in [-0.2, 0) is 33.4 Å². The molecule has 0 bridgehead atoms. The highest BCUT2D eigenvalue weighted by molar-refractivity contribution is 7.73. The Hall–Kier alpha value is -4.16. The molecule has 0 unspecified atom stereocenters. The molecule has 198 valence electrons. The number of amides is 4. The van der Waals surface area contributed by atoms with E-state index in [1.165, 1.54) is 7.05 Å². The minimum Gasteiger partial charge on any atom is -0.340 e. The third-order valence-electron chi connectivity index (χ3n) is 6.91. The number of carbonyl (C=O) groups excluding carboxylic acids is 3. The Morgan fingerprint density at radius 2 is 1.74 bits per heavy atom. The normalized spacial score (nSPS) is 19.6. The number of hydrogen-bond acceptors (Lipinski definition) is 6. The van der Waals surface area contributed by atoms with Crippen LogP contribution in [0.15, 0.2) is 66.7 Å². The van der Waals surface area contributed by atoms with Crippen LogP contribution >= 0.6 is 0 Å². The predicted molar refractivity (Wildman–Crippen MR) is 142 cm³/mol. The molecule has 3 N–H and O–H groups in total. The summed E-state index contributed by atoms with van der Waals surface area (Å²) in [6, 6.07) is 19.4. The third-order valence-corrected chi connectivity index (χ3v) is 7.35. The summed E-state index contributed by atoms with van der Waals surface area (Å²) in [5.41, 5.74) is 4.88. The number of hydrogen-bond donors (Lipinski definition) is 4. The molecule has 38 heavy (non-hydrogen) atoms. The second-order valence-electron chi connectivity index (χ2n) is 9.24. The van der Waals surface area contributed by atoms with E-state index in [4.69, 9.17) is 0 Å². The quantitative estimate of drug-likeness (QED) is 0.334. The Bertz CT molecular complexity index is 1450. The van der Waals surface area contributed by atoms with Crippen molar-refractivity contribution in [3.8, 4) is 0 Å². The molecule has 3 aromatic carbocycles. The second kappa shape index (κ2) is 10.7. The highest BCUT2D eigenvalue weighted by Gasteiger charge is 2.50. The molecule has 3 aromatic rings.